The maximum absolute atomic E-state index is 4.57. The lowest BCUT2D eigenvalue weighted by Gasteiger charge is -2.14. The highest BCUT2D eigenvalue weighted by molar-refractivity contribution is 14.0. The van der Waals surface area contributed by atoms with Crippen LogP contribution in [-0.2, 0) is 6.54 Å². The van der Waals surface area contributed by atoms with E-state index in [1.165, 1.54) is 12.8 Å². The number of aromatic nitrogens is 1. The maximum Gasteiger partial charge on any atom is 0.191 e. The van der Waals surface area contributed by atoms with Crippen molar-refractivity contribution in [2.75, 3.05) is 32.6 Å². The molecule has 0 aromatic carbocycles. The molecule has 1 aliphatic rings. The Kier molecular flexibility index (Phi) is 7.04. The monoisotopic (exact) mass is 389 g/mol. The molecule has 1 heterocycles. The van der Waals surface area contributed by atoms with Crippen LogP contribution in [0.4, 0.5) is 5.82 Å². The van der Waals surface area contributed by atoms with Crippen LogP contribution in [0.25, 0.3) is 0 Å². The van der Waals surface area contributed by atoms with Gasteiger partial charge in [-0.15, -0.1) is 24.0 Å². The number of hydrogen-bond donors (Lipinski definition) is 2. The lowest BCUT2D eigenvalue weighted by atomic mass is 10.3. The molecule has 1 fully saturated rings. The zero-order valence-electron chi connectivity index (χ0n) is 12.4. The van der Waals surface area contributed by atoms with Gasteiger partial charge in [0, 0.05) is 27.7 Å². The Hall–Kier alpha value is -1.05. The highest BCUT2D eigenvalue weighted by Crippen LogP contribution is 2.27. The third-order valence-corrected chi connectivity index (χ3v) is 3.17. The molecule has 0 amide bonds. The molecule has 0 radical (unpaired) electrons. The molecule has 0 spiro atoms. The second kappa shape index (κ2) is 8.28. The van der Waals surface area contributed by atoms with E-state index < -0.39 is 0 Å². The lowest BCUT2D eigenvalue weighted by Crippen LogP contribution is -2.38. The first-order chi connectivity index (χ1) is 9.19. The van der Waals surface area contributed by atoms with Gasteiger partial charge in [-0.25, -0.2) is 4.98 Å². The number of anilines is 1. The van der Waals surface area contributed by atoms with Crippen molar-refractivity contribution in [1.82, 2.24) is 15.6 Å². The predicted molar refractivity (Wildman–Crippen MR) is 94.9 cm³/mol. The normalized spacial score (nSPS) is 14.4. The molecule has 0 saturated heterocycles. The summed E-state index contributed by atoms with van der Waals surface area (Å²) in [6.07, 6.45) is 2.69. The molecule has 1 aromatic heterocycles. The summed E-state index contributed by atoms with van der Waals surface area (Å²) in [7, 11) is 5.79. The molecule has 1 saturated carbocycles. The number of hydrogen-bond acceptors (Lipinski definition) is 3. The molecule has 20 heavy (non-hydrogen) atoms. The fourth-order valence-electron chi connectivity index (χ4n) is 1.77. The van der Waals surface area contributed by atoms with Crippen LogP contribution >= 0.6 is 24.0 Å². The van der Waals surface area contributed by atoms with Gasteiger partial charge in [-0.05, 0) is 30.9 Å². The van der Waals surface area contributed by atoms with Gasteiger partial charge in [-0.2, -0.15) is 0 Å². The summed E-state index contributed by atoms with van der Waals surface area (Å²) in [5.74, 6) is 2.66. The van der Waals surface area contributed by atoms with E-state index >= 15 is 0 Å². The number of pyridine rings is 1. The van der Waals surface area contributed by atoms with E-state index in [2.05, 4.69) is 20.6 Å². The summed E-state index contributed by atoms with van der Waals surface area (Å²) in [6.45, 7) is 1.71. The molecule has 2 N–H and O–H groups in total. The van der Waals surface area contributed by atoms with Crippen LogP contribution in [0.3, 0.4) is 0 Å². The topological polar surface area (TPSA) is 52.6 Å². The highest BCUT2D eigenvalue weighted by atomic mass is 127. The van der Waals surface area contributed by atoms with E-state index in [-0.39, 0.29) is 24.0 Å². The Balaban J connectivity index is 0.00000200. The van der Waals surface area contributed by atoms with Gasteiger partial charge < -0.3 is 15.5 Å². The van der Waals surface area contributed by atoms with Gasteiger partial charge in [-0.3, -0.25) is 4.99 Å². The van der Waals surface area contributed by atoms with E-state index in [4.69, 9.17) is 0 Å². The minimum absolute atomic E-state index is 0. The van der Waals surface area contributed by atoms with Crippen molar-refractivity contribution < 1.29 is 0 Å². The summed E-state index contributed by atoms with van der Waals surface area (Å²) in [5.41, 5.74) is 1.01. The standard InChI is InChI=1S/C14H23N5.HI/c1-15-14(16-9-11-7-8-11)17-10-12-5-4-6-13(18-12)19(2)3;/h4-6,11H,7-10H2,1-3H3,(H2,15,16,17);1H. The minimum atomic E-state index is 0. The van der Waals surface area contributed by atoms with Crippen molar-refractivity contribution in [3.8, 4) is 0 Å². The van der Waals surface area contributed by atoms with Crippen LogP contribution in [0, 0.1) is 5.92 Å². The number of aliphatic imine (C=N–C) groups is 1. The predicted octanol–water partition coefficient (Wildman–Crippen LogP) is 1.84. The Morgan fingerprint density at radius 3 is 2.70 bits per heavy atom. The number of guanidine groups is 1. The summed E-state index contributed by atoms with van der Waals surface area (Å²) in [4.78, 5) is 10.8. The molecular weight excluding hydrogens is 365 g/mol. The van der Waals surface area contributed by atoms with Crippen molar-refractivity contribution in [1.29, 1.82) is 0 Å². The largest absolute Gasteiger partial charge is 0.363 e. The first kappa shape index (κ1) is 17.0. The van der Waals surface area contributed by atoms with Gasteiger partial charge >= 0.3 is 0 Å². The first-order valence-electron chi connectivity index (χ1n) is 6.77. The van der Waals surface area contributed by atoms with Crippen molar-refractivity contribution in [3.63, 3.8) is 0 Å². The molecule has 2 rings (SSSR count). The first-order valence-corrected chi connectivity index (χ1v) is 6.77. The molecular formula is C14H24IN5. The zero-order valence-corrected chi connectivity index (χ0v) is 14.7. The smallest absolute Gasteiger partial charge is 0.191 e. The van der Waals surface area contributed by atoms with Crippen molar-refractivity contribution in [2.45, 2.75) is 19.4 Å². The summed E-state index contributed by atoms with van der Waals surface area (Å²) < 4.78 is 0. The summed E-state index contributed by atoms with van der Waals surface area (Å²) >= 11 is 0. The zero-order chi connectivity index (χ0) is 13.7. The average molecular weight is 389 g/mol. The minimum Gasteiger partial charge on any atom is -0.363 e. The Bertz CT molecular complexity index is 443. The van der Waals surface area contributed by atoms with Crippen LogP contribution in [0.1, 0.15) is 18.5 Å². The van der Waals surface area contributed by atoms with E-state index in [0.717, 1.165) is 29.9 Å². The fraction of sp³-hybridized carbons (Fsp3) is 0.571. The third-order valence-electron chi connectivity index (χ3n) is 3.17. The molecule has 0 bridgehead atoms. The van der Waals surface area contributed by atoms with Gasteiger partial charge in [0.25, 0.3) is 0 Å². The average Bonchev–Trinajstić information content (AvgIpc) is 3.23. The number of nitrogens with one attached hydrogen (secondary N) is 2. The van der Waals surface area contributed by atoms with Gasteiger partial charge in [0.2, 0.25) is 0 Å². The second-order valence-electron chi connectivity index (χ2n) is 5.13. The molecule has 0 aliphatic heterocycles. The summed E-state index contributed by atoms with van der Waals surface area (Å²) in [5, 5.41) is 6.63. The Morgan fingerprint density at radius 1 is 1.35 bits per heavy atom. The highest BCUT2D eigenvalue weighted by Gasteiger charge is 2.20. The van der Waals surface area contributed by atoms with E-state index in [9.17, 15) is 0 Å². The number of nitrogens with zero attached hydrogens (tertiary/aromatic N) is 3. The molecule has 5 nitrogen and oxygen atoms in total. The molecule has 0 atom stereocenters. The van der Waals surface area contributed by atoms with Crippen LogP contribution in [0.2, 0.25) is 0 Å². The quantitative estimate of drug-likeness (QED) is 0.459. The van der Waals surface area contributed by atoms with Crippen LogP contribution in [0.15, 0.2) is 23.2 Å². The van der Waals surface area contributed by atoms with Crippen LogP contribution in [0.5, 0.6) is 0 Å². The summed E-state index contributed by atoms with van der Waals surface area (Å²) in [6, 6.07) is 6.05. The van der Waals surface area contributed by atoms with Crippen molar-refractivity contribution >= 4 is 35.8 Å². The van der Waals surface area contributed by atoms with Crippen molar-refractivity contribution in [2.24, 2.45) is 10.9 Å². The Labute approximate surface area is 138 Å². The Morgan fingerprint density at radius 2 is 2.10 bits per heavy atom. The molecule has 6 heteroatoms. The van der Waals surface area contributed by atoms with E-state index in [0.29, 0.717) is 6.54 Å². The van der Waals surface area contributed by atoms with Gasteiger partial charge in [0.15, 0.2) is 5.96 Å². The fourth-order valence-corrected chi connectivity index (χ4v) is 1.77. The van der Waals surface area contributed by atoms with Crippen molar-refractivity contribution in [3.05, 3.63) is 23.9 Å². The number of halogens is 1. The van der Waals surface area contributed by atoms with Gasteiger partial charge in [0.05, 0.1) is 12.2 Å². The van der Waals surface area contributed by atoms with E-state index in [1.807, 2.05) is 37.2 Å². The van der Waals surface area contributed by atoms with Gasteiger partial charge in [-0.1, -0.05) is 6.07 Å². The molecule has 112 valence electrons. The third kappa shape index (κ3) is 5.52. The number of rotatable bonds is 5. The molecule has 1 aliphatic carbocycles. The SMILES string of the molecule is CN=C(NCc1cccc(N(C)C)n1)NCC1CC1.I. The maximum atomic E-state index is 4.57. The van der Waals surface area contributed by atoms with Crippen LogP contribution < -0.4 is 15.5 Å². The van der Waals surface area contributed by atoms with Crippen LogP contribution in [-0.4, -0.2) is 38.6 Å². The molecule has 0 unspecified atom stereocenters. The molecule has 1 aromatic rings. The van der Waals surface area contributed by atoms with E-state index in [1.54, 1.807) is 7.05 Å². The van der Waals surface area contributed by atoms with Gasteiger partial charge in [0.1, 0.15) is 5.82 Å². The lowest BCUT2D eigenvalue weighted by molar-refractivity contribution is 0.733. The second-order valence-corrected chi connectivity index (χ2v) is 5.13.